The molecule has 210 valence electrons. The predicted molar refractivity (Wildman–Crippen MR) is 144 cm³/mol. The molecule has 1 heterocycles. The topological polar surface area (TPSA) is 211 Å². The van der Waals surface area contributed by atoms with Crippen molar-refractivity contribution in [3.8, 4) is 22.5 Å². The molecule has 12 nitrogen and oxygen atoms in total. The van der Waals surface area contributed by atoms with Gasteiger partial charge < -0.3 is 19.8 Å². The molecule has 1 aliphatic heterocycles. The lowest BCUT2D eigenvalue weighted by Gasteiger charge is -2.22. The quantitative estimate of drug-likeness (QED) is 0.132. The molecule has 2 aliphatic rings. The molecule has 0 unspecified atom stereocenters. The molecule has 0 saturated carbocycles. The smallest absolute Gasteiger partial charge is 0.304 e. The Labute approximate surface area is 229 Å². The van der Waals surface area contributed by atoms with E-state index < -0.39 is 58.3 Å². The number of Topliss-reactive ketones (excluding diaryl/α,β-unsaturated/α-hetero) is 1. The second-order valence-electron chi connectivity index (χ2n) is 9.23. The first-order valence-electron chi connectivity index (χ1n) is 11.8. The Kier molecular flexibility index (Phi) is 7.56. The fraction of sp³-hybridized carbons (Fsp3) is 0.192. The molecule has 1 amide bonds. The Hall–Kier alpha value is -4.11. The third kappa shape index (κ3) is 5.34. The van der Waals surface area contributed by atoms with Gasteiger partial charge in [-0.15, -0.1) is 0 Å². The molecular weight excluding hydrogens is 562 g/mol. The summed E-state index contributed by atoms with van der Waals surface area (Å²) >= 11 is 0. The van der Waals surface area contributed by atoms with Gasteiger partial charge in [0.15, 0.2) is 16.2 Å². The number of benzene rings is 3. The molecule has 0 saturated heterocycles. The van der Waals surface area contributed by atoms with Gasteiger partial charge in [-0.25, -0.2) is 0 Å². The molecule has 2 aromatic carbocycles. The number of rotatable bonds is 8. The number of ketones is 1. The monoisotopic (exact) mass is 588 g/mol. The predicted octanol–water partition coefficient (Wildman–Crippen LogP) is 1.38. The molecule has 6 N–H and O–H groups in total. The van der Waals surface area contributed by atoms with E-state index >= 15 is 0 Å². The highest BCUT2D eigenvalue weighted by Gasteiger charge is 2.33. The summed E-state index contributed by atoms with van der Waals surface area (Å²) in [5.74, 6) is -0.968. The normalized spacial score (nSPS) is 12.1. The lowest BCUT2D eigenvalue weighted by Crippen LogP contribution is -2.47. The van der Waals surface area contributed by atoms with Crippen LogP contribution in [-0.4, -0.2) is 56.1 Å². The second kappa shape index (κ2) is 10.5. The van der Waals surface area contributed by atoms with Crippen molar-refractivity contribution in [3.63, 3.8) is 0 Å². The molecule has 0 radical (unpaired) electrons. The number of carbonyl (C=O) groups excluding carboxylic acids is 2. The van der Waals surface area contributed by atoms with Gasteiger partial charge in [-0.05, 0) is 43.2 Å². The number of anilines is 1. The van der Waals surface area contributed by atoms with E-state index in [2.05, 4.69) is 0 Å². The van der Waals surface area contributed by atoms with Crippen LogP contribution in [-0.2, 0) is 25.0 Å². The Bertz CT molecular complexity index is 1930. The SMILES string of the molecule is CC(=O)CCCN(C)C(=O)c1ccccc1-c1c2ccc(=[NH2+])c(S(=O)(=O)O)c-2oc2c(S(=O)(=O)O)c(N)ccc12. The number of hydrogen-bond donors (Lipinski definition) is 4. The first-order valence-corrected chi connectivity index (χ1v) is 14.7. The summed E-state index contributed by atoms with van der Waals surface area (Å²) in [7, 11) is -8.46. The summed E-state index contributed by atoms with van der Waals surface area (Å²) in [4.78, 5) is 24.7. The van der Waals surface area contributed by atoms with Gasteiger partial charge in [0.2, 0.25) is 10.3 Å². The van der Waals surface area contributed by atoms with Crippen molar-refractivity contribution >= 4 is 48.6 Å². The van der Waals surface area contributed by atoms with Gasteiger partial charge in [0.1, 0.15) is 5.78 Å². The highest BCUT2D eigenvalue weighted by atomic mass is 32.2. The molecule has 1 aliphatic carbocycles. The number of nitrogen functional groups attached to an aromatic ring is 1. The zero-order valence-electron chi connectivity index (χ0n) is 21.4. The second-order valence-corrected chi connectivity index (χ2v) is 11.9. The molecule has 0 aromatic heterocycles. The van der Waals surface area contributed by atoms with Crippen LogP contribution in [0.4, 0.5) is 5.69 Å². The number of nitrogens with zero attached hydrogens (tertiary/aromatic N) is 1. The van der Waals surface area contributed by atoms with Crippen LogP contribution in [0.15, 0.2) is 62.7 Å². The number of amides is 1. The van der Waals surface area contributed by atoms with Gasteiger partial charge in [-0.3, -0.25) is 19.3 Å². The highest BCUT2D eigenvalue weighted by molar-refractivity contribution is 7.86. The van der Waals surface area contributed by atoms with Crippen LogP contribution in [0.3, 0.4) is 0 Å². The first kappa shape index (κ1) is 28.9. The maximum absolute atomic E-state index is 13.6. The van der Waals surface area contributed by atoms with Gasteiger partial charge in [-0.2, -0.15) is 16.8 Å². The van der Waals surface area contributed by atoms with E-state index in [-0.39, 0.29) is 46.4 Å². The summed E-state index contributed by atoms with van der Waals surface area (Å²) in [5, 5.41) is 5.55. The van der Waals surface area contributed by atoms with Crippen molar-refractivity contribution in [2.45, 2.75) is 29.6 Å². The van der Waals surface area contributed by atoms with E-state index in [9.17, 15) is 35.5 Å². The minimum absolute atomic E-state index is 0.0185. The molecule has 0 atom stereocenters. The van der Waals surface area contributed by atoms with E-state index in [1.54, 1.807) is 25.2 Å². The molecular formula is C26H26N3O9S2+. The number of carbonyl (C=O) groups is 2. The molecule has 40 heavy (non-hydrogen) atoms. The molecule has 4 rings (SSSR count). The van der Waals surface area contributed by atoms with Crippen molar-refractivity contribution < 1.29 is 45.4 Å². The van der Waals surface area contributed by atoms with E-state index in [1.807, 2.05) is 0 Å². The van der Waals surface area contributed by atoms with Gasteiger partial charge in [0.05, 0.1) is 5.69 Å². The number of fused-ring (bicyclic) bond motifs is 2. The zero-order chi connectivity index (χ0) is 29.6. The van der Waals surface area contributed by atoms with Crippen LogP contribution in [0.1, 0.15) is 30.1 Å². The minimum Gasteiger partial charge on any atom is -0.453 e. The summed E-state index contributed by atoms with van der Waals surface area (Å²) < 4.78 is 75.1. The largest absolute Gasteiger partial charge is 0.453 e. The maximum atomic E-state index is 13.6. The molecule has 0 bridgehead atoms. The van der Waals surface area contributed by atoms with Crippen LogP contribution < -0.4 is 16.5 Å². The standard InChI is InChI=1S/C26H25N3O9S2/c1-14(30)6-5-13-29(2)26(31)16-8-4-3-7-15(16)21-17-9-11-19(27)24(39(32,33)34)22(17)38-23-18(21)10-12-20(28)25(23)40(35,36)37/h3-4,7-12,27H,5-6,13,28H2,1-2H3,(H,32,33,34)(H,35,36,37)/p+1. The molecule has 0 spiro atoms. The van der Waals surface area contributed by atoms with Crippen molar-refractivity contribution in [2.24, 2.45) is 0 Å². The summed E-state index contributed by atoms with van der Waals surface area (Å²) in [6, 6.07) is 11.6. The van der Waals surface area contributed by atoms with E-state index in [4.69, 9.17) is 15.6 Å². The van der Waals surface area contributed by atoms with Crippen molar-refractivity contribution in [1.82, 2.24) is 4.90 Å². The van der Waals surface area contributed by atoms with Gasteiger partial charge >= 0.3 is 10.1 Å². The third-order valence-electron chi connectivity index (χ3n) is 6.34. The van der Waals surface area contributed by atoms with E-state index in [1.165, 1.54) is 42.2 Å². The summed E-state index contributed by atoms with van der Waals surface area (Å²) in [5.41, 5.74) is 5.61. The fourth-order valence-electron chi connectivity index (χ4n) is 4.58. The molecule has 0 fully saturated rings. The van der Waals surface area contributed by atoms with Crippen molar-refractivity contribution in [1.29, 1.82) is 0 Å². The average molecular weight is 589 g/mol. The average Bonchev–Trinajstić information content (AvgIpc) is 2.84. The highest BCUT2D eigenvalue weighted by Crippen LogP contribution is 2.45. The van der Waals surface area contributed by atoms with Gasteiger partial charge in [-0.1, -0.05) is 18.2 Å². The third-order valence-corrected chi connectivity index (χ3v) is 8.21. The lowest BCUT2D eigenvalue weighted by molar-refractivity contribution is -0.176. The van der Waals surface area contributed by atoms with Gasteiger partial charge in [0, 0.05) is 48.2 Å². The lowest BCUT2D eigenvalue weighted by atomic mass is 9.90. The first-order chi connectivity index (χ1) is 18.6. The number of nitrogens with two attached hydrogens (primary N) is 2. The van der Waals surface area contributed by atoms with Crippen LogP contribution in [0, 0.1) is 0 Å². The van der Waals surface area contributed by atoms with Crippen molar-refractivity contribution in [2.75, 3.05) is 19.3 Å². The Morgan fingerprint density at radius 2 is 1.60 bits per heavy atom. The fourth-order valence-corrected chi connectivity index (χ4v) is 6.09. The molecule has 2 aromatic rings. The maximum Gasteiger partial charge on any atom is 0.304 e. The number of hydrogen-bond acceptors (Lipinski definition) is 8. The zero-order valence-corrected chi connectivity index (χ0v) is 23.0. The minimum atomic E-state index is -5.01. The Morgan fingerprint density at radius 1 is 0.950 bits per heavy atom. The van der Waals surface area contributed by atoms with Crippen LogP contribution in [0.25, 0.3) is 33.4 Å². The van der Waals surface area contributed by atoms with Gasteiger partial charge in [0.25, 0.3) is 16.0 Å². The Morgan fingerprint density at radius 3 is 2.23 bits per heavy atom. The van der Waals surface area contributed by atoms with Crippen LogP contribution >= 0.6 is 0 Å². The van der Waals surface area contributed by atoms with Crippen LogP contribution in [0.5, 0.6) is 0 Å². The van der Waals surface area contributed by atoms with E-state index in [0.29, 0.717) is 6.42 Å². The Balaban J connectivity index is 2.14. The van der Waals surface area contributed by atoms with Crippen molar-refractivity contribution in [3.05, 3.63) is 59.5 Å². The van der Waals surface area contributed by atoms with E-state index in [0.717, 1.165) is 0 Å². The summed E-state index contributed by atoms with van der Waals surface area (Å²) in [6.45, 7) is 1.72. The summed E-state index contributed by atoms with van der Waals surface area (Å²) in [6.07, 6.45) is 0.720. The molecule has 14 heteroatoms. The van der Waals surface area contributed by atoms with Crippen LogP contribution in [0.2, 0.25) is 0 Å².